The fourth-order valence-electron chi connectivity index (χ4n) is 1.91. The molecule has 0 bridgehead atoms. The van der Waals surface area contributed by atoms with Gasteiger partial charge in [0.1, 0.15) is 11.8 Å². The van der Waals surface area contributed by atoms with Gasteiger partial charge in [0.05, 0.1) is 17.7 Å². The van der Waals surface area contributed by atoms with Crippen molar-refractivity contribution in [1.82, 2.24) is 0 Å². The topological polar surface area (TPSA) is 84.5 Å². The van der Waals surface area contributed by atoms with Crippen LogP contribution in [0.4, 0.5) is 0 Å². The van der Waals surface area contributed by atoms with Crippen molar-refractivity contribution in [3.05, 3.63) is 34.3 Å². The first-order valence-corrected chi connectivity index (χ1v) is 7.67. The molecule has 0 aliphatic heterocycles. The van der Waals surface area contributed by atoms with Crippen LogP contribution < -0.4 is 9.72 Å². The Morgan fingerprint density at radius 1 is 1.50 bits per heavy atom. The molecule has 2 aromatic rings. The van der Waals surface area contributed by atoms with Crippen molar-refractivity contribution < 1.29 is 19.6 Å². The number of carboxylic acid groups (broad SMARTS) is 1. The number of ether oxygens (including phenoxy) is 1. The van der Waals surface area contributed by atoms with Gasteiger partial charge >= 0.3 is 5.97 Å². The zero-order chi connectivity index (χ0) is 16.3. The highest BCUT2D eigenvalue weighted by Crippen LogP contribution is 2.29. The second kappa shape index (κ2) is 6.58. The van der Waals surface area contributed by atoms with Gasteiger partial charge < -0.3 is 9.84 Å². The molecule has 0 aliphatic carbocycles. The van der Waals surface area contributed by atoms with Crippen molar-refractivity contribution in [2.75, 3.05) is 6.61 Å². The Bertz CT molecular complexity index is 744. The van der Waals surface area contributed by atoms with Gasteiger partial charge in [-0.05, 0) is 24.1 Å². The summed E-state index contributed by atoms with van der Waals surface area (Å²) in [5.41, 5.74) is 1.81. The number of hydrogen-bond donors (Lipinski definition) is 1. The molecule has 0 radical (unpaired) electrons. The van der Waals surface area contributed by atoms with Crippen LogP contribution in [0.1, 0.15) is 34.8 Å². The number of nitriles is 1. The van der Waals surface area contributed by atoms with Crippen molar-refractivity contribution in [2.24, 2.45) is 5.92 Å². The lowest BCUT2D eigenvalue weighted by Crippen LogP contribution is -2.08. The third-order valence-electron chi connectivity index (χ3n) is 2.97. The van der Waals surface area contributed by atoms with Crippen LogP contribution >= 0.6 is 11.3 Å². The molecule has 1 heterocycles. The zero-order valence-electron chi connectivity index (χ0n) is 12.6. The molecule has 1 aromatic heterocycles. The Morgan fingerprint density at radius 3 is 2.77 bits per heavy atom. The summed E-state index contributed by atoms with van der Waals surface area (Å²) in [6, 6.07) is 7.41. The number of aryl methyl sites for hydroxylation is 1. The number of aromatic amines is 1. The quantitative estimate of drug-likeness (QED) is 0.918. The molecular weight excluding hydrogens is 300 g/mol. The molecule has 2 N–H and O–H groups in total. The van der Waals surface area contributed by atoms with Crippen molar-refractivity contribution in [3.8, 4) is 22.4 Å². The van der Waals surface area contributed by atoms with Crippen LogP contribution in [0.5, 0.6) is 5.75 Å². The molecule has 22 heavy (non-hydrogen) atoms. The minimum absolute atomic E-state index is 0.272. The Morgan fingerprint density at radius 2 is 2.23 bits per heavy atom. The molecule has 2 rings (SSSR count). The van der Waals surface area contributed by atoms with Gasteiger partial charge in [-0.15, -0.1) is 0 Å². The monoisotopic (exact) mass is 317 g/mol. The van der Waals surface area contributed by atoms with E-state index in [0.29, 0.717) is 34.5 Å². The number of carbonyl (C=O) groups is 1. The molecule has 0 unspecified atom stereocenters. The summed E-state index contributed by atoms with van der Waals surface area (Å²) in [6.45, 7) is 6.34. The molecule has 5 nitrogen and oxygen atoms in total. The van der Waals surface area contributed by atoms with E-state index < -0.39 is 5.97 Å². The largest absolute Gasteiger partial charge is 0.492 e. The normalized spacial score (nSPS) is 10.5. The third-order valence-corrected chi connectivity index (χ3v) is 4.20. The van der Waals surface area contributed by atoms with Crippen LogP contribution in [0.2, 0.25) is 0 Å². The van der Waals surface area contributed by atoms with Crippen molar-refractivity contribution >= 4 is 17.3 Å². The maximum atomic E-state index is 11.1. The van der Waals surface area contributed by atoms with Gasteiger partial charge in [0, 0.05) is 6.92 Å². The van der Waals surface area contributed by atoms with Gasteiger partial charge in [0.2, 0.25) is 5.69 Å². The molecule has 6 heteroatoms. The Hall–Kier alpha value is -2.39. The van der Waals surface area contributed by atoms with Crippen molar-refractivity contribution in [3.63, 3.8) is 0 Å². The summed E-state index contributed by atoms with van der Waals surface area (Å²) in [5, 5.41) is 19.1. The van der Waals surface area contributed by atoms with Gasteiger partial charge in [-0.2, -0.15) is 10.2 Å². The number of carboxylic acids is 1. The second-order valence-electron chi connectivity index (χ2n) is 5.34. The number of rotatable bonds is 5. The SMILES string of the molecule is Cc1[nH+]c(-c2ccc(OCC(C)C)c(C#N)c2)sc1C(=O)O. The first kappa shape index (κ1) is 16.0. The number of benzene rings is 1. The number of nitrogens with one attached hydrogen (secondary N) is 1. The first-order chi connectivity index (χ1) is 10.4. The Balaban J connectivity index is 2.35. The highest BCUT2D eigenvalue weighted by atomic mass is 32.1. The molecule has 0 aliphatic rings. The second-order valence-corrected chi connectivity index (χ2v) is 6.36. The minimum Gasteiger partial charge on any atom is -0.492 e. The average molecular weight is 317 g/mol. The van der Waals surface area contributed by atoms with E-state index in [1.165, 1.54) is 0 Å². The third kappa shape index (κ3) is 3.43. The lowest BCUT2D eigenvalue weighted by Gasteiger charge is -2.10. The van der Waals surface area contributed by atoms with Crippen LogP contribution in [0.15, 0.2) is 18.2 Å². The van der Waals surface area contributed by atoms with Crippen molar-refractivity contribution in [1.29, 1.82) is 5.26 Å². The summed E-state index contributed by atoms with van der Waals surface area (Å²) in [5.74, 6) is -0.0355. The zero-order valence-corrected chi connectivity index (χ0v) is 13.5. The van der Waals surface area contributed by atoms with Gasteiger partial charge in [-0.25, -0.2) is 4.79 Å². The molecule has 114 valence electrons. The summed E-state index contributed by atoms with van der Waals surface area (Å²) in [4.78, 5) is 14.4. The standard InChI is InChI=1S/C16H16N2O3S/c1-9(2)8-21-13-5-4-11(6-12(13)7-17)15-18-10(3)14(22-15)16(19)20/h4-6,9H,8H2,1-3H3,(H,19,20)/p+1. The molecule has 0 amide bonds. The smallest absolute Gasteiger partial charge is 0.352 e. The van der Waals surface area contributed by atoms with Crippen LogP contribution in [-0.2, 0) is 0 Å². The van der Waals surface area contributed by atoms with Crippen LogP contribution in [0.3, 0.4) is 0 Å². The molecule has 0 atom stereocenters. The van der Waals surface area contributed by atoms with Gasteiger partial charge in [-0.1, -0.05) is 25.2 Å². The molecule has 0 saturated heterocycles. The van der Waals surface area contributed by atoms with E-state index >= 15 is 0 Å². The highest BCUT2D eigenvalue weighted by molar-refractivity contribution is 7.16. The highest BCUT2D eigenvalue weighted by Gasteiger charge is 2.22. The Labute approximate surface area is 132 Å². The number of thiazole rings is 1. The van der Waals surface area contributed by atoms with Crippen LogP contribution in [-0.4, -0.2) is 17.7 Å². The molecule has 0 fully saturated rings. The average Bonchev–Trinajstić information content (AvgIpc) is 2.87. The fraction of sp³-hybridized carbons (Fsp3) is 0.312. The maximum Gasteiger partial charge on any atom is 0.352 e. The van der Waals surface area contributed by atoms with Crippen molar-refractivity contribution in [2.45, 2.75) is 20.8 Å². The van der Waals surface area contributed by atoms with Gasteiger partial charge in [-0.3, -0.25) is 0 Å². The molecule has 0 spiro atoms. The lowest BCUT2D eigenvalue weighted by atomic mass is 10.1. The van der Waals surface area contributed by atoms with Crippen LogP contribution in [0.25, 0.3) is 10.6 Å². The summed E-state index contributed by atoms with van der Waals surface area (Å²) < 4.78 is 5.62. The van der Waals surface area contributed by atoms with E-state index in [4.69, 9.17) is 9.84 Å². The summed E-state index contributed by atoms with van der Waals surface area (Å²) >= 11 is 1.16. The number of H-pyrrole nitrogens is 1. The van der Waals surface area contributed by atoms with Gasteiger partial charge in [0.25, 0.3) is 5.01 Å². The molecule has 0 saturated carbocycles. The lowest BCUT2D eigenvalue weighted by molar-refractivity contribution is -0.367. The maximum absolute atomic E-state index is 11.1. The van der Waals surface area contributed by atoms with E-state index in [2.05, 4.69) is 11.1 Å². The molecular formula is C16H17N2O3S+. The number of aromatic nitrogens is 1. The van der Waals surface area contributed by atoms with E-state index in [1.54, 1.807) is 19.1 Å². The number of hydrogen-bond acceptors (Lipinski definition) is 4. The van der Waals surface area contributed by atoms with E-state index in [-0.39, 0.29) is 4.88 Å². The van der Waals surface area contributed by atoms with Gasteiger partial charge in [0.15, 0.2) is 4.88 Å². The Kier molecular flexibility index (Phi) is 4.78. The predicted molar refractivity (Wildman–Crippen MR) is 83.1 cm³/mol. The first-order valence-electron chi connectivity index (χ1n) is 6.85. The minimum atomic E-state index is -0.956. The fourth-order valence-corrected chi connectivity index (χ4v) is 2.85. The molecule has 1 aromatic carbocycles. The van der Waals surface area contributed by atoms with E-state index in [9.17, 15) is 10.1 Å². The number of aromatic carboxylic acids is 1. The predicted octanol–water partition coefficient (Wildman–Crippen LogP) is 3.14. The number of nitrogens with zero attached hydrogens (tertiary/aromatic N) is 1. The van der Waals surface area contributed by atoms with Crippen LogP contribution in [0, 0.1) is 24.2 Å². The summed E-state index contributed by atoms with van der Waals surface area (Å²) in [6.07, 6.45) is 0. The van der Waals surface area contributed by atoms with E-state index in [1.807, 2.05) is 19.9 Å². The van der Waals surface area contributed by atoms with E-state index in [0.717, 1.165) is 16.9 Å². The summed E-state index contributed by atoms with van der Waals surface area (Å²) in [7, 11) is 0.